The smallest absolute Gasteiger partial charge is 0.302 e. The van der Waals surface area contributed by atoms with Gasteiger partial charge in [0.2, 0.25) is 11.8 Å². The van der Waals surface area contributed by atoms with Crippen molar-refractivity contribution in [3.63, 3.8) is 0 Å². The van der Waals surface area contributed by atoms with E-state index in [1.54, 1.807) is 4.90 Å². The number of esters is 1. The van der Waals surface area contributed by atoms with Gasteiger partial charge in [-0.1, -0.05) is 74.0 Å². The molecule has 1 aliphatic heterocycles. The summed E-state index contributed by atoms with van der Waals surface area (Å²) in [5.41, 5.74) is -0.391. The molecule has 0 aromatic heterocycles. The standard InChI is InChI=1S/C36H56N4O5/c1-12-13-17-27(22(2)23(3)41)39-32(43)30-29-26(35(29,9)10)20-40(30)33(44)31(36(11)18-15-14-16-19-36)38-24(4)37-28(34(6,7)8)21-45-25(5)42/h1,26-31,37-38H,2,4,13-21H2,3,5-11H3,(H,39,43)/t26-,27?,28?,29-,30?,31?/m0/s1. The van der Waals surface area contributed by atoms with E-state index in [0.717, 1.165) is 32.1 Å². The van der Waals surface area contributed by atoms with Gasteiger partial charge >= 0.3 is 5.97 Å². The van der Waals surface area contributed by atoms with Gasteiger partial charge in [0, 0.05) is 25.5 Å². The second kappa shape index (κ2) is 14.0. The Kier molecular flexibility index (Phi) is 11.3. The predicted octanol–water partition coefficient (Wildman–Crippen LogP) is 4.48. The predicted molar refractivity (Wildman–Crippen MR) is 176 cm³/mol. The fourth-order valence-electron chi connectivity index (χ4n) is 7.36. The van der Waals surface area contributed by atoms with Gasteiger partial charge in [-0.05, 0) is 54.3 Å². The van der Waals surface area contributed by atoms with Gasteiger partial charge in [0.15, 0.2) is 5.78 Å². The highest BCUT2D eigenvalue weighted by atomic mass is 16.5. The van der Waals surface area contributed by atoms with Crippen molar-refractivity contribution >= 4 is 23.6 Å². The third-order valence-corrected chi connectivity index (χ3v) is 10.6. The molecule has 0 aromatic rings. The van der Waals surface area contributed by atoms with Crippen molar-refractivity contribution in [3.05, 3.63) is 24.6 Å². The number of amides is 2. The van der Waals surface area contributed by atoms with Crippen LogP contribution in [0, 0.1) is 40.4 Å². The van der Waals surface area contributed by atoms with Crippen LogP contribution in [-0.4, -0.2) is 65.8 Å². The van der Waals surface area contributed by atoms with E-state index in [-0.39, 0.29) is 64.3 Å². The zero-order chi connectivity index (χ0) is 33.9. The first-order valence-electron chi connectivity index (χ1n) is 16.4. The Morgan fingerprint density at radius 2 is 1.64 bits per heavy atom. The average molecular weight is 625 g/mol. The summed E-state index contributed by atoms with van der Waals surface area (Å²) >= 11 is 0. The molecular weight excluding hydrogens is 568 g/mol. The monoisotopic (exact) mass is 624 g/mol. The molecular formula is C36H56N4O5. The van der Waals surface area contributed by atoms with Crippen molar-refractivity contribution in [3.8, 4) is 12.3 Å². The lowest BCUT2D eigenvalue weighted by Gasteiger charge is -2.44. The highest BCUT2D eigenvalue weighted by Gasteiger charge is 2.70. The maximum atomic E-state index is 14.7. The Balaban J connectivity index is 1.90. The number of nitrogens with zero attached hydrogens (tertiary/aromatic N) is 1. The summed E-state index contributed by atoms with van der Waals surface area (Å²) in [6.45, 7) is 24.2. The zero-order valence-corrected chi connectivity index (χ0v) is 28.8. The zero-order valence-electron chi connectivity index (χ0n) is 28.8. The van der Waals surface area contributed by atoms with E-state index in [2.05, 4.69) is 55.8 Å². The van der Waals surface area contributed by atoms with E-state index < -0.39 is 18.1 Å². The van der Waals surface area contributed by atoms with Gasteiger partial charge in [-0.3, -0.25) is 19.2 Å². The maximum Gasteiger partial charge on any atom is 0.302 e. The Labute approximate surface area is 270 Å². The van der Waals surface area contributed by atoms with Crippen LogP contribution in [0.15, 0.2) is 24.6 Å². The summed E-state index contributed by atoms with van der Waals surface area (Å²) in [6.07, 6.45) is 11.2. The maximum absolute atomic E-state index is 14.7. The van der Waals surface area contributed by atoms with Gasteiger partial charge in [0.05, 0.1) is 17.9 Å². The number of rotatable bonds is 14. The van der Waals surface area contributed by atoms with E-state index in [4.69, 9.17) is 11.2 Å². The molecule has 1 saturated heterocycles. The van der Waals surface area contributed by atoms with E-state index in [9.17, 15) is 19.2 Å². The number of ketones is 1. The lowest BCUT2D eigenvalue weighted by molar-refractivity contribution is -0.145. The van der Waals surface area contributed by atoms with Crippen molar-refractivity contribution in [2.45, 2.75) is 125 Å². The quantitative estimate of drug-likeness (QED) is 0.148. The molecule has 4 unspecified atom stereocenters. The van der Waals surface area contributed by atoms with Crippen LogP contribution in [0.2, 0.25) is 0 Å². The first kappa shape index (κ1) is 36.2. The van der Waals surface area contributed by atoms with Crippen LogP contribution in [0.4, 0.5) is 0 Å². The van der Waals surface area contributed by atoms with Crippen molar-refractivity contribution in [2.24, 2.45) is 28.1 Å². The van der Waals surface area contributed by atoms with Gasteiger partial charge < -0.3 is 25.6 Å². The molecule has 1 heterocycles. The topological polar surface area (TPSA) is 117 Å². The second-order valence-electron chi connectivity index (χ2n) is 15.4. The molecule has 3 rings (SSSR count). The van der Waals surface area contributed by atoms with Crippen molar-refractivity contribution in [1.82, 2.24) is 20.9 Å². The fraction of sp³-hybridized carbons (Fsp3) is 0.722. The van der Waals surface area contributed by atoms with E-state index >= 15 is 0 Å². The first-order valence-corrected chi connectivity index (χ1v) is 16.4. The molecule has 9 nitrogen and oxygen atoms in total. The summed E-state index contributed by atoms with van der Waals surface area (Å²) in [6, 6.07) is -2.13. The molecule has 0 spiro atoms. The fourth-order valence-corrected chi connectivity index (χ4v) is 7.36. The minimum Gasteiger partial charge on any atom is -0.464 e. The van der Waals surface area contributed by atoms with Crippen LogP contribution in [0.25, 0.3) is 0 Å². The molecule has 9 heteroatoms. The van der Waals surface area contributed by atoms with E-state index in [1.807, 2.05) is 20.8 Å². The highest BCUT2D eigenvalue weighted by Crippen LogP contribution is 2.65. The number of ether oxygens (including phenoxy) is 1. The minimum absolute atomic E-state index is 0.00969. The second-order valence-corrected chi connectivity index (χ2v) is 15.4. The van der Waals surface area contributed by atoms with E-state index in [0.29, 0.717) is 30.8 Å². The lowest BCUT2D eigenvalue weighted by atomic mass is 9.70. The summed E-state index contributed by atoms with van der Waals surface area (Å²) < 4.78 is 5.34. The molecule has 45 heavy (non-hydrogen) atoms. The Bertz CT molecular complexity index is 1220. The molecule has 2 aliphatic carbocycles. The van der Waals surface area contributed by atoms with Crippen molar-refractivity contribution < 1.29 is 23.9 Å². The summed E-state index contributed by atoms with van der Waals surface area (Å²) in [5, 5.41) is 9.89. The molecule has 0 aromatic carbocycles. The van der Waals surface area contributed by atoms with E-state index in [1.165, 1.54) is 13.8 Å². The third-order valence-electron chi connectivity index (χ3n) is 10.6. The lowest BCUT2D eigenvalue weighted by Crippen LogP contribution is -2.61. The molecule has 3 N–H and O–H groups in total. The van der Waals surface area contributed by atoms with Gasteiger partial charge in [0.1, 0.15) is 18.7 Å². The number of hydrogen-bond acceptors (Lipinski definition) is 7. The number of hydrogen-bond donors (Lipinski definition) is 3. The van der Waals surface area contributed by atoms with Crippen LogP contribution in [0.3, 0.4) is 0 Å². The number of piperidine rings is 1. The molecule has 6 atom stereocenters. The number of likely N-dealkylation sites (tertiary alicyclic amines) is 1. The molecule has 3 aliphatic rings. The third kappa shape index (κ3) is 8.31. The normalized spacial score (nSPS) is 25.0. The summed E-state index contributed by atoms with van der Waals surface area (Å²) in [4.78, 5) is 54.3. The van der Waals surface area contributed by atoms with Gasteiger partial charge in [0.25, 0.3) is 0 Å². The SMILES string of the molecule is C#CCCC(NC(=O)C1[C@@H]2[C@H](CN1C(=O)C(NC(=C)NC(COC(C)=O)C(C)(C)C)C1(C)CCCCC1)C2(C)C)C(=C)C(C)=O. The molecule has 250 valence electrons. The molecule has 3 fully saturated rings. The van der Waals surface area contributed by atoms with Crippen LogP contribution < -0.4 is 16.0 Å². The Hall–Kier alpha value is -3.28. The van der Waals surface area contributed by atoms with Crippen LogP contribution in [0.1, 0.15) is 100 Å². The first-order chi connectivity index (χ1) is 20.8. The number of terminal acetylenes is 1. The molecule has 0 bridgehead atoms. The van der Waals surface area contributed by atoms with Crippen LogP contribution in [0.5, 0.6) is 0 Å². The van der Waals surface area contributed by atoms with Gasteiger partial charge in [-0.2, -0.15) is 0 Å². The van der Waals surface area contributed by atoms with Gasteiger partial charge in [-0.25, -0.2) is 0 Å². The number of carbonyl (C=O) groups is 4. The summed E-state index contributed by atoms with van der Waals surface area (Å²) in [7, 11) is 0. The number of Topliss-reactive ketones (excluding diaryl/α,β-unsaturated/α-hetero) is 1. The molecule has 0 radical (unpaired) electrons. The van der Waals surface area contributed by atoms with Crippen LogP contribution >= 0.6 is 0 Å². The minimum atomic E-state index is -0.672. The molecule has 2 saturated carbocycles. The van der Waals surface area contributed by atoms with Crippen molar-refractivity contribution in [1.29, 1.82) is 0 Å². The molecule has 2 amide bonds. The van der Waals surface area contributed by atoms with Crippen molar-refractivity contribution in [2.75, 3.05) is 13.2 Å². The highest BCUT2D eigenvalue weighted by molar-refractivity contribution is 5.96. The average Bonchev–Trinajstić information content (AvgIpc) is 3.27. The number of nitrogens with one attached hydrogen (secondary N) is 3. The Morgan fingerprint density at radius 1 is 1.02 bits per heavy atom. The Morgan fingerprint density at radius 3 is 2.18 bits per heavy atom. The number of carbonyl (C=O) groups excluding carboxylic acids is 4. The van der Waals surface area contributed by atoms with Gasteiger partial charge in [-0.15, -0.1) is 12.3 Å². The number of fused-ring (bicyclic) bond motifs is 1. The largest absolute Gasteiger partial charge is 0.464 e. The van der Waals surface area contributed by atoms with Crippen LogP contribution in [-0.2, 0) is 23.9 Å². The summed E-state index contributed by atoms with van der Waals surface area (Å²) in [5.74, 6) is 2.31.